The van der Waals surface area contributed by atoms with E-state index in [4.69, 9.17) is 0 Å². The van der Waals surface area contributed by atoms with Gasteiger partial charge in [-0.3, -0.25) is 0 Å². The summed E-state index contributed by atoms with van der Waals surface area (Å²) in [5, 5.41) is 20.7. The van der Waals surface area contributed by atoms with Crippen molar-refractivity contribution in [2.45, 2.75) is 49.7 Å². The quantitative estimate of drug-likeness (QED) is 0.840. The van der Waals surface area contributed by atoms with Gasteiger partial charge in [-0.2, -0.15) is 0 Å². The molecule has 0 saturated heterocycles. The summed E-state index contributed by atoms with van der Waals surface area (Å²) in [7, 11) is 0. The third kappa shape index (κ3) is 2.00. The largest absolute Gasteiger partial charge is 0.390 e. The zero-order chi connectivity index (χ0) is 11.9. The van der Waals surface area contributed by atoms with Gasteiger partial charge in [-0.15, -0.1) is 0 Å². The Balaban J connectivity index is 1.68. The Hall–Kier alpha value is -0.860. The van der Waals surface area contributed by atoms with E-state index in [9.17, 15) is 10.2 Å². The van der Waals surface area contributed by atoms with Crippen LogP contribution in [0.4, 0.5) is 0 Å². The predicted molar refractivity (Wildman–Crippen MR) is 66.7 cm³/mol. The lowest BCUT2D eigenvalue weighted by molar-refractivity contribution is -0.0803. The summed E-state index contributed by atoms with van der Waals surface area (Å²) in [6, 6.07) is 10.3. The lowest BCUT2D eigenvalue weighted by atomic mass is 9.90. The van der Waals surface area contributed by atoms with Crippen molar-refractivity contribution < 1.29 is 10.2 Å². The number of aliphatic hydroxyl groups is 2. The Kier molecular flexibility index (Phi) is 2.72. The third-order valence-corrected chi connectivity index (χ3v) is 4.49. The summed E-state index contributed by atoms with van der Waals surface area (Å²) >= 11 is 0. The van der Waals surface area contributed by atoms with E-state index in [0.717, 1.165) is 32.1 Å². The minimum absolute atomic E-state index is 0.264. The molecule has 2 aliphatic rings. The monoisotopic (exact) mass is 232 g/mol. The molecule has 0 radical (unpaired) electrons. The molecule has 3 rings (SSSR count). The molecule has 2 nitrogen and oxygen atoms in total. The molecular weight excluding hydrogens is 212 g/mol. The first-order valence-electron chi connectivity index (χ1n) is 6.66. The molecule has 3 atom stereocenters. The molecule has 2 aliphatic carbocycles. The molecule has 3 unspecified atom stereocenters. The molecule has 0 spiro atoms. The maximum Gasteiger partial charge on any atom is 0.0908 e. The van der Waals surface area contributed by atoms with Gasteiger partial charge in [0.1, 0.15) is 0 Å². The molecule has 1 aromatic carbocycles. The van der Waals surface area contributed by atoms with Crippen LogP contribution in [0.3, 0.4) is 0 Å². The molecule has 92 valence electrons. The van der Waals surface area contributed by atoms with Crippen LogP contribution in [-0.2, 0) is 0 Å². The second kappa shape index (κ2) is 4.11. The van der Waals surface area contributed by atoms with Crippen LogP contribution in [0, 0.1) is 5.92 Å². The van der Waals surface area contributed by atoms with Crippen LogP contribution in [0.15, 0.2) is 30.3 Å². The third-order valence-electron chi connectivity index (χ3n) is 4.49. The first-order valence-corrected chi connectivity index (χ1v) is 6.66. The second-order valence-corrected chi connectivity index (χ2v) is 5.67. The van der Waals surface area contributed by atoms with Crippen molar-refractivity contribution in [2.24, 2.45) is 5.92 Å². The average molecular weight is 232 g/mol. The highest BCUT2D eigenvalue weighted by Crippen LogP contribution is 2.53. The first kappa shape index (κ1) is 11.2. The summed E-state index contributed by atoms with van der Waals surface area (Å²) in [4.78, 5) is 0. The molecule has 1 aromatic rings. The van der Waals surface area contributed by atoms with E-state index >= 15 is 0 Å². The SMILES string of the molecule is OC(C1CC1c1ccccc1)C1(O)CCCC1. The topological polar surface area (TPSA) is 40.5 Å². The molecular formula is C15H20O2. The molecule has 2 fully saturated rings. The van der Waals surface area contributed by atoms with Gasteiger partial charge in [-0.1, -0.05) is 43.2 Å². The fourth-order valence-electron chi connectivity index (χ4n) is 3.33. The van der Waals surface area contributed by atoms with Crippen LogP contribution >= 0.6 is 0 Å². The van der Waals surface area contributed by atoms with Crippen molar-refractivity contribution in [1.29, 1.82) is 0 Å². The van der Waals surface area contributed by atoms with E-state index in [1.165, 1.54) is 5.56 Å². The second-order valence-electron chi connectivity index (χ2n) is 5.67. The maximum absolute atomic E-state index is 10.4. The summed E-state index contributed by atoms with van der Waals surface area (Å²) in [5.41, 5.74) is 0.506. The number of benzene rings is 1. The Morgan fingerprint density at radius 3 is 2.41 bits per heavy atom. The van der Waals surface area contributed by atoms with Crippen molar-refractivity contribution in [3.05, 3.63) is 35.9 Å². The minimum atomic E-state index is -0.797. The summed E-state index contributed by atoms with van der Waals surface area (Å²) in [6.45, 7) is 0. The molecule has 0 bridgehead atoms. The highest BCUT2D eigenvalue weighted by atomic mass is 16.3. The molecule has 2 saturated carbocycles. The molecule has 0 aliphatic heterocycles. The average Bonchev–Trinajstić information content (AvgIpc) is 3.05. The van der Waals surface area contributed by atoms with Gasteiger partial charge in [-0.05, 0) is 36.7 Å². The normalized spacial score (nSPS) is 32.4. The van der Waals surface area contributed by atoms with Crippen LogP contribution in [0.2, 0.25) is 0 Å². The van der Waals surface area contributed by atoms with Gasteiger partial charge in [0.15, 0.2) is 0 Å². The Labute approximate surface area is 102 Å². The minimum Gasteiger partial charge on any atom is -0.390 e. The summed E-state index contributed by atoms with van der Waals surface area (Å²) in [6.07, 6.45) is 4.13. The van der Waals surface area contributed by atoms with Crippen LogP contribution in [0.5, 0.6) is 0 Å². The highest BCUT2D eigenvalue weighted by Gasteiger charge is 2.52. The van der Waals surface area contributed by atoms with E-state index in [1.54, 1.807) is 0 Å². The van der Waals surface area contributed by atoms with Crippen molar-refractivity contribution in [2.75, 3.05) is 0 Å². The Bertz CT molecular complexity index is 381. The smallest absolute Gasteiger partial charge is 0.0908 e. The van der Waals surface area contributed by atoms with Gasteiger partial charge < -0.3 is 10.2 Å². The van der Waals surface area contributed by atoms with Crippen molar-refractivity contribution in [1.82, 2.24) is 0 Å². The van der Waals surface area contributed by atoms with Crippen LogP contribution < -0.4 is 0 Å². The summed E-state index contributed by atoms with van der Waals surface area (Å²) in [5.74, 6) is 0.719. The van der Waals surface area contributed by atoms with Crippen LogP contribution in [0.25, 0.3) is 0 Å². The zero-order valence-electron chi connectivity index (χ0n) is 10.0. The van der Waals surface area contributed by atoms with E-state index in [-0.39, 0.29) is 5.92 Å². The van der Waals surface area contributed by atoms with Crippen molar-refractivity contribution in [3.8, 4) is 0 Å². The van der Waals surface area contributed by atoms with Gasteiger partial charge in [0.2, 0.25) is 0 Å². The fraction of sp³-hybridized carbons (Fsp3) is 0.600. The lowest BCUT2D eigenvalue weighted by Gasteiger charge is -2.28. The van der Waals surface area contributed by atoms with Gasteiger partial charge >= 0.3 is 0 Å². The number of aliphatic hydroxyl groups excluding tert-OH is 1. The van der Waals surface area contributed by atoms with Gasteiger partial charge in [0, 0.05) is 0 Å². The van der Waals surface area contributed by atoms with Crippen molar-refractivity contribution in [3.63, 3.8) is 0 Å². The number of rotatable bonds is 3. The van der Waals surface area contributed by atoms with Crippen LogP contribution in [-0.4, -0.2) is 21.9 Å². The molecule has 2 N–H and O–H groups in total. The fourth-order valence-corrected chi connectivity index (χ4v) is 3.33. The van der Waals surface area contributed by atoms with Gasteiger partial charge in [0.05, 0.1) is 11.7 Å². The van der Waals surface area contributed by atoms with E-state index in [1.807, 2.05) is 18.2 Å². The summed E-state index contributed by atoms with van der Waals surface area (Å²) < 4.78 is 0. The Morgan fingerprint density at radius 2 is 1.76 bits per heavy atom. The number of hydrogen-bond donors (Lipinski definition) is 2. The first-order chi connectivity index (χ1) is 8.21. The molecule has 0 heterocycles. The lowest BCUT2D eigenvalue weighted by Crippen LogP contribution is -2.41. The van der Waals surface area contributed by atoms with Gasteiger partial charge in [-0.25, -0.2) is 0 Å². The van der Waals surface area contributed by atoms with Gasteiger partial charge in [0.25, 0.3) is 0 Å². The maximum atomic E-state index is 10.4. The van der Waals surface area contributed by atoms with E-state index in [0.29, 0.717) is 5.92 Å². The number of hydrogen-bond acceptors (Lipinski definition) is 2. The standard InChI is InChI=1S/C15H20O2/c16-14(15(17)8-4-5-9-15)13-10-12(13)11-6-2-1-3-7-11/h1-3,6-7,12-14,16-17H,4-5,8-10H2. The molecule has 0 aromatic heterocycles. The highest BCUT2D eigenvalue weighted by molar-refractivity contribution is 5.27. The van der Waals surface area contributed by atoms with Crippen molar-refractivity contribution >= 4 is 0 Å². The molecule has 0 amide bonds. The molecule has 2 heteroatoms. The predicted octanol–water partition coefficient (Wildman–Crippen LogP) is 2.46. The van der Waals surface area contributed by atoms with E-state index < -0.39 is 11.7 Å². The van der Waals surface area contributed by atoms with E-state index in [2.05, 4.69) is 12.1 Å². The Morgan fingerprint density at radius 1 is 1.12 bits per heavy atom. The van der Waals surface area contributed by atoms with Crippen LogP contribution in [0.1, 0.15) is 43.6 Å². The molecule has 17 heavy (non-hydrogen) atoms. The zero-order valence-corrected chi connectivity index (χ0v) is 10.0.